The third-order valence-corrected chi connectivity index (χ3v) is 1.85. The summed E-state index contributed by atoms with van der Waals surface area (Å²) in [7, 11) is 0. The van der Waals surface area contributed by atoms with E-state index in [0.717, 1.165) is 0 Å². The number of guanidine groups is 1. The molecule has 76 valence electrons. The maximum Gasteiger partial charge on any atom is 0.309 e. The number of nitrogens with two attached hydrogens (primary N) is 1. The molecule has 0 spiro atoms. The van der Waals surface area contributed by atoms with Crippen molar-refractivity contribution in [2.45, 2.75) is 6.92 Å². The van der Waals surface area contributed by atoms with E-state index in [2.05, 4.69) is 22.9 Å². The van der Waals surface area contributed by atoms with Crippen LogP contribution in [0.1, 0.15) is 6.92 Å². The van der Waals surface area contributed by atoms with Crippen molar-refractivity contribution in [3.8, 4) is 0 Å². The highest BCUT2D eigenvalue weighted by Crippen LogP contribution is 1.99. The first-order chi connectivity index (χ1) is 6.11. The average molecular weight is 205 g/mol. The van der Waals surface area contributed by atoms with Gasteiger partial charge in [0.1, 0.15) is 0 Å². The standard InChI is InChI=1S/C7H15N3O2S/c1-2-9-7(8)10-3-5(4-13)6(11)12/h5,13H,2-4H2,1H3,(H,11,12)(H3,8,9,10). The lowest BCUT2D eigenvalue weighted by atomic mass is 10.2. The van der Waals surface area contributed by atoms with E-state index < -0.39 is 11.9 Å². The van der Waals surface area contributed by atoms with Crippen molar-refractivity contribution in [1.29, 1.82) is 0 Å². The number of carboxylic acids is 1. The molecule has 1 unspecified atom stereocenters. The molecule has 0 aromatic heterocycles. The normalized spacial score (nSPS) is 13.8. The fraction of sp³-hybridized carbons (Fsp3) is 0.714. The number of hydrogen-bond acceptors (Lipinski definition) is 3. The van der Waals surface area contributed by atoms with Crippen LogP contribution in [-0.4, -0.2) is 35.9 Å². The van der Waals surface area contributed by atoms with Gasteiger partial charge in [-0.15, -0.1) is 0 Å². The van der Waals surface area contributed by atoms with Gasteiger partial charge >= 0.3 is 5.97 Å². The molecule has 0 aromatic carbocycles. The Balaban J connectivity index is 3.95. The lowest BCUT2D eigenvalue weighted by Gasteiger charge is -2.06. The monoisotopic (exact) mass is 205 g/mol. The van der Waals surface area contributed by atoms with E-state index in [4.69, 9.17) is 10.8 Å². The van der Waals surface area contributed by atoms with Gasteiger partial charge < -0.3 is 16.2 Å². The minimum absolute atomic E-state index is 0.164. The van der Waals surface area contributed by atoms with Gasteiger partial charge in [-0.25, -0.2) is 0 Å². The fourth-order valence-corrected chi connectivity index (χ4v) is 0.931. The Bertz CT molecular complexity index is 196. The summed E-state index contributed by atoms with van der Waals surface area (Å²) in [6.07, 6.45) is 0. The minimum Gasteiger partial charge on any atom is -0.481 e. The number of thiol groups is 1. The zero-order chi connectivity index (χ0) is 10.3. The van der Waals surface area contributed by atoms with Crippen LogP contribution in [0.4, 0.5) is 0 Å². The molecular formula is C7H15N3O2S. The second kappa shape index (κ2) is 6.59. The van der Waals surface area contributed by atoms with Crippen LogP contribution < -0.4 is 11.1 Å². The van der Waals surface area contributed by atoms with Crippen LogP contribution in [0.5, 0.6) is 0 Å². The van der Waals surface area contributed by atoms with Crippen molar-refractivity contribution in [3.63, 3.8) is 0 Å². The predicted molar refractivity (Wildman–Crippen MR) is 55.1 cm³/mol. The van der Waals surface area contributed by atoms with Crippen molar-refractivity contribution in [3.05, 3.63) is 0 Å². The van der Waals surface area contributed by atoms with E-state index in [1.807, 2.05) is 6.92 Å². The van der Waals surface area contributed by atoms with Gasteiger partial charge in [-0.1, -0.05) is 0 Å². The molecule has 0 aliphatic heterocycles. The van der Waals surface area contributed by atoms with Crippen molar-refractivity contribution >= 4 is 24.6 Å². The molecule has 4 N–H and O–H groups in total. The first kappa shape index (κ1) is 12.1. The number of rotatable bonds is 5. The van der Waals surface area contributed by atoms with Crippen LogP contribution in [0.25, 0.3) is 0 Å². The molecule has 0 aliphatic carbocycles. The summed E-state index contributed by atoms with van der Waals surface area (Å²) in [4.78, 5) is 14.4. The molecule has 0 heterocycles. The van der Waals surface area contributed by atoms with Crippen LogP contribution in [0.3, 0.4) is 0 Å². The summed E-state index contributed by atoms with van der Waals surface area (Å²) in [5.74, 6) is -0.933. The summed E-state index contributed by atoms with van der Waals surface area (Å²) in [6.45, 7) is 2.72. The van der Waals surface area contributed by atoms with E-state index in [1.165, 1.54) is 0 Å². The fourth-order valence-electron chi connectivity index (χ4n) is 0.659. The van der Waals surface area contributed by atoms with Gasteiger partial charge in [0.25, 0.3) is 0 Å². The van der Waals surface area contributed by atoms with E-state index in [-0.39, 0.29) is 18.3 Å². The number of carbonyl (C=O) groups is 1. The van der Waals surface area contributed by atoms with Gasteiger partial charge in [0, 0.05) is 12.3 Å². The molecule has 5 nitrogen and oxygen atoms in total. The summed E-state index contributed by atoms with van der Waals surface area (Å²) in [5, 5.41) is 11.4. The SMILES string of the molecule is CCNC(N)=NCC(CS)C(=O)O. The molecule has 0 fully saturated rings. The lowest BCUT2D eigenvalue weighted by molar-refractivity contribution is -0.140. The molecule has 0 saturated carbocycles. The number of aliphatic carboxylic acids is 1. The van der Waals surface area contributed by atoms with Crippen LogP contribution in [0.2, 0.25) is 0 Å². The van der Waals surface area contributed by atoms with Crippen LogP contribution >= 0.6 is 12.6 Å². The molecule has 13 heavy (non-hydrogen) atoms. The largest absolute Gasteiger partial charge is 0.481 e. The molecule has 6 heteroatoms. The Labute approximate surface area is 82.8 Å². The molecular weight excluding hydrogens is 190 g/mol. The molecule has 0 saturated heterocycles. The number of aliphatic imine (C=N–C) groups is 1. The minimum atomic E-state index is -0.900. The Morgan fingerprint density at radius 2 is 2.38 bits per heavy atom. The quantitative estimate of drug-likeness (QED) is 0.278. The topological polar surface area (TPSA) is 87.7 Å². The zero-order valence-electron chi connectivity index (χ0n) is 7.53. The summed E-state index contributed by atoms with van der Waals surface area (Å²) in [5.41, 5.74) is 5.41. The number of carboxylic acid groups (broad SMARTS) is 1. The molecule has 0 aliphatic rings. The maximum atomic E-state index is 10.5. The maximum absolute atomic E-state index is 10.5. The Hall–Kier alpha value is -0.910. The number of nitrogens with one attached hydrogen (secondary N) is 1. The first-order valence-electron chi connectivity index (χ1n) is 3.99. The average Bonchev–Trinajstić information content (AvgIpc) is 2.05. The molecule has 0 amide bonds. The van der Waals surface area contributed by atoms with Gasteiger partial charge in [-0.05, 0) is 6.92 Å². The third kappa shape index (κ3) is 5.35. The summed E-state index contributed by atoms with van der Waals surface area (Å²) in [6, 6.07) is 0. The molecule has 0 aromatic rings. The first-order valence-corrected chi connectivity index (χ1v) is 4.62. The van der Waals surface area contributed by atoms with Crippen molar-refractivity contribution < 1.29 is 9.90 Å². The van der Waals surface area contributed by atoms with Crippen LogP contribution in [0.15, 0.2) is 4.99 Å². The van der Waals surface area contributed by atoms with Gasteiger partial charge in [-0.3, -0.25) is 9.79 Å². The Morgan fingerprint density at radius 3 is 2.77 bits per heavy atom. The van der Waals surface area contributed by atoms with Gasteiger partial charge in [0.2, 0.25) is 0 Å². The van der Waals surface area contributed by atoms with Gasteiger partial charge in [0.05, 0.1) is 12.5 Å². The van der Waals surface area contributed by atoms with Crippen molar-refractivity contribution in [1.82, 2.24) is 5.32 Å². The van der Waals surface area contributed by atoms with Gasteiger partial charge in [0.15, 0.2) is 5.96 Å². The number of hydrogen-bond donors (Lipinski definition) is 4. The van der Waals surface area contributed by atoms with Gasteiger partial charge in [-0.2, -0.15) is 12.6 Å². The predicted octanol–water partition coefficient (Wildman–Crippen LogP) is -0.459. The summed E-state index contributed by atoms with van der Waals surface area (Å²) < 4.78 is 0. The second-order valence-electron chi connectivity index (χ2n) is 2.47. The lowest BCUT2D eigenvalue weighted by Crippen LogP contribution is -2.32. The highest BCUT2D eigenvalue weighted by Gasteiger charge is 2.14. The Morgan fingerprint density at radius 1 is 1.77 bits per heavy atom. The van der Waals surface area contributed by atoms with E-state index in [9.17, 15) is 4.79 Å². The second-order valence-corrected chi connectivity index (χ2v) is 2.84. The highest BCUT2D eigenvalue weighted by atomic mass is 32.1. The van der Waals surface area contributed by atoms with E-state index in [1.54, 1.807) is 0 Å². The highest BCUT2D eigenvalue weighted by molar-refractivity contribution is 7.80. The van der Waals surface area contributed by atoms with Crippen molar-refractivity contribution in [2.75, 3.05) is 18.8 Å². The number of nitrogens with zero attached hydrogens (tertiary/aromatic N) is 1. The van der Waals surface area contributed by atoms with Crippen LogP contribution in [0, 0.1) is 5.92 Å². The molecule has 1 atom stereocenters. The Kier molecular flexibility index (Phi) is 6.13. The summed E-state index contributed by atoms with van der Waals surface area (Å²) >= 11 is 3.90. The molecule has 0 rings (SSSR count). The van der Waals surface area contributed by atoms with E-state index in [0.29, 0.717) is 6.54 Å². The van der Waals surface area contributed by atoms with Crippen molar-refractivity contribution in [2.24, 2.45) is 16.6 Å². The zero-order valence-corrected chi connectivity index (χ0v) is 8.42. The molecule has 0 radical (unpaired) electrons. The molecule has 0 bridgehead atoms. The third-order valence-electron chi connectivity index (χ3n) is 1.41. The van der Waals surface area contributed by atoms with Crippen LogP contribution in [-0.2, 0) is 4.79 Å². The smallest absolute Gasteiger partial charge is 0.309 e. The van der Waals surface area contributed by atoms with E-state index >= 15 is 0 Å².